The van der Waals surface area contributed by atoms with Gasteiger partial charge in [0.15, 0.2) is 17.3 Å². The number of rotatable bonds is 5. The number of imidazole rings is 1. The maximum atomic E-state index is 15.1. The first-order chi connectivity index (χ1) is 15.8. The molecule has 0 aliphatic carbocycles. The monoisotopic (exact) mass is 454 g/mol. The lowest BCUT2D eigenvalue weighted by molar-refractivity contribution is -0.0868. The molecule has 0 atom stereocenters. The molecule has 2 aromatic carbocycles. The van der Waals surface area contributed by atoms with Gasteiger partial charge in [0.25, 0.3) is 5.91 Å². The van der Waals surface area contributed by atoms with Gasteiger partial charge in [-0.1, -0.05) is 5.16 Å². The van der Waals surface area contributed by atoms with Crippen molar-refractivity contribution in [1.29, 1.82) is 0 Å². The predicted octanol–water partition coefficient (Wildman–Crippen LogP) is 3.25. The second kappa shape index (κ2) is 7.48. The SMILES string of the molecule is COc1cc(-c2nc3ccc(C(=O)Nc4cnoc4)cc3n2C2(C)COC2)c(F)c(O)c1O. The largest absolute Gasteiger partial charge is 0.502 e. The first kappa shape index (κ1) is 20.8. The molecule has 0 unspecified atom stereocenters. The molecular formula is C22H19FN4O6. The quantitative estimate of drug-likeness (QED) is 0.392. The molecule has 3 heterocycles. The smallest absolute Gasteiger partial charge is 0.255 e. The van der Waals surface area contributed by atoms with Crippen molar-refractivity contribution in [2.45, 2.75) is 12.5 Å². The molecule has 2 aromatic heterocycles. The van der Waals surface area contributed by atoms with E-state index in [1.54, 1.807) is 22.8 Å². The van der Waals surface area contributed by atoms with E-state index in [0.29, 0.717) is 35.5 Å². The topological polar surface area (TPSA) is 132 Å². The molecular weight excluding hydrogens is 435 g/mol. The van der Waals surface area contributed by atoms with E-state index in [-0.39, 0.29) is 23.0 Å². The summed E-state index contributed by atoms with van der Waals surface area (Å²) in [6.45, 7) is 2.59. The first-order valence-corrected chi connectivity index (χ1v) is 9.92. The van der Waals surface area contributed by atoms with Crippen LogP contribution in [0.1, 0.15) is 17.3 Å². The molecule has 1 aliphatic rings. The Balaban J connectivity index is 1.70. The van der Waals surface area contributed by atoms with Crippen LogP contribution in [0.2, 0.25) is 0 Å². The fourth-order valence-electron chi connectivity index (χ4n) is 3.87. The molecule has 3 N–H and O–H groups in total. The van der Waals surface area contributed by atoms with Gasteiger partial charge in [-0.05, 0) is 31.2 Å². The summed E-state index contributed by atoms with van der Waals surface area (Å²) >= 11 is 0. The van der Waals surface area contributed by atoms with Gasteiger partial charge in [-0.25, -0.2) is 9.37 Å². The van der Waals surface area contributed by atoms with E-state index in [1.165, 1.54) is 25.6 Å². The fraction of sp³-hybridized carbons (Fsp3) is 0.227. The Morgan fingerprint density at radius 1 is 1.27 bits per heavy atom. The van der Waals surface area contributed by atoms with Crippen LogP contribution in [-0.4, -0.2) is 51.2 Å². The average molecular weight is 454 g/mol. The molecule has 1 amide bonds. The maximum Gasteiger partial charge on any atom is 0.255 e. The highest BCUT2D eigenvalue weighted by Crippen LogP contribution is 2.44. The number of halogens is 1. The van der Waals surface area contributed by atoms with E-state index in [2.05, 4.69) is 15.5 Å². The Morgan fingerprint density at radius 3 is 2.70 bits per heavy atom. The Labute approximate surface area is 186 Å². The summed E-state index contributed by atoms with van der Waals surface area (Å²) in [7, 11) is 1.29. The number of ether oxygens (including phenoxy) is 2. The van der Waals surface area contributed by atoms with Crippen molar-refractivity contribution in [3.8, 4) is 28.6 Å². The van der Waals surface area contributed by atoms with Gasteiger partial charge in [0.2, 0.25) is 5.75 Å². The van der Waals surface area contributed by atoms with Crippen molar-refractivity contribution >= 4 is 22.6 Å². The summed E-state index contributed by atoms with van der Waals surface area (Å²) in [6.07, 6.45) is 2.68. The van der Waals surface area contributed by atoms with E-state index in [0.717, 1.165) is 0 Å². The number of carbonyl (C=O) groups is 1. The number of phenolic OH excluding ortho intramolecular Hbond substituents is 2. The van der Waals surface area contributed by atoms with Gasteiger partial charge in [-0.3, -0.25) is 4.79 Å². The van der Waals surface area contributed by atoms with Crippen LogP contribution >= 0.6 is 0 Å². The number of phenols is 2. The number of amides is 1. The van der Waals surface area contributed by atoms with Crippen molar-refractivity contribution in [2.24, 2.45) is 0 Å². The molecule has 0 saturated carbocycles. The minimum absolute atomic E-state index is 0.0676. The number of nitrogens with one attached hydrogen (secondary N) is 1. The molecule has 33 heavy (non-hydrogen) atoms. The molecule has 4 aromatic rings. The highest BCUT2D eigenvalue weighted by molar-refractivity contribution is 6.06. The number of nitrogens with zero attached hydrogens (tertiary/aromatic N) is 3. The van der Waals surface area contributed by atoms with Crippen LogP contribution in [0, 0.1) is 5.82 Å². The molecule has 1 saturated heterocycles. The van der Waals surface area contributed by atoms with Gasteiger partial charge in [-0.15, -0.1) is 0 Å². The van der Waals surface area contributed by atoms with Crippen molar-refractivity contribution < 1.29 is 33.4 Å². The maximum absolute atomic E-state index is 15.1. The molecule has 11 heteroatoms. The lowest BCUT2D eigenvalue weighted by atomic mass is 9.98. The van der Waals surface area contributed by atoms with E-state index < -0.39 is 22.9 Å². The van der Waals surface area contributed by atoms with Crippen LogP contribution in [0.15, 0.2) is 41.2 Å². The first-order valence-electron chi connectivity index (χ1n) is 9.92. The normalized spacial score (nSPS) is 14.8. The zero-order valence-electron chi connectivity index (χ0n) is 17.6. The molecule has 5 rings (SSSR count). The molecule has 0 spiro atoms. The minimum atomic E-state index is -1.04. The third-order valence-corrected chi connectivity index (χ3v) is 5.61. The van der Waals surface area contributed by atoms with Crippen molar-refractivity contribution in [1.82, 2.24) is 14.7 Å². The van der Waals surface area contributed by atoms with Crippen molar-refractivity contribution in [3.05, 3.63) is 48.1 Å². The summed E-state index contributed by atoms with van der Waals surface area (Å²) in [6, 6.07) is 6.16. The van der Waals surface area contributed by atoms with Gasteiger partial charge >= 0.3 is 0 Å². The van der Waals surface area contributed by atoms with E-state index in [1.807, 2.05) is 6.92 Å². The number of hydrogen-bond donors (Lipinski definition) is 3. The number of benzene rings is 2. The van der Waals surface area contributed by atoms with Crippen LogP contribution in [0.25, 0.3) is 22.4 Å². The number of methoxy groups -OCH3 is 1. The standard InChI is InChI=1S/C22H19FN4O6/c1-22(9-32-10-22)27-15-5-11(21(30)25-12-7-24-33-8-12)3-4-14(15)26-20(27)13-6-16(31-2)18(28)19(29)17(13)23/h3-8,28-29H,9-10H2,1-2H3,(H,25,30). The van der Waals surface area contributed by atoms with Crippen LogP contribution in [0.3, 0.4) is 0 Å². The molecule has 170 valence electrons. The Morgan fingerprint density at radius 2 is 2.06 bits per heavy atom. The number of anilines is 1. The third kappa shape index (κ3) is 3.24. The number of aromatic nitrogens is 3. The number of aromatic hydroxyl groups is 2. The highest BCUT2D eigenvalue weighted by Gasteiger charge is 2.39. The second-order valence-electron chi connectivity index (χ2n) is 7.97. The molecule has 0 radical (unpaired) electrons. The Hall–Kier alpha value is -4.12. The minimum Gasteiger partial charge on any atom is -0.502 e. The van der Waals surface area contributed by atoms with Crippen LogP contribution in [0.4, 0.5) is 10.1 Å². The molecule has 1 aliphatic heterocycles. The van der Waals surface area contributed by atoms with Crippen LogP contribution in [-0.2, 0) is 10.3 Å². The van der Waals surface area contributed by atoms with Gasteiger partial charge in [0.05, 0.1) is 48.7 Å². The second-order valence-corrected chi connectivity index (χ2v) is 7.97. The Bertz CT molecular complexity index is 1380. The van der Waals surface area contributed by atoms with Gasteiger partial charge in [0.1, 0.15) is 17.8 Å². The zero-order valence-corrected chi connectivity index (χ0v) is 17.6. The van der Waals surface area contributed by atoms with Crippen LogP contribution in [0.5, 0.6) is 17.2 Å². The number of fused-ring (bicyclic) bond motifs is 1. The third-order valence-electron chi connectivity index (χ3n) is 5.61. The van der Waals surface area contributed by atoms with Crippen molar-refractivity contribution in [2.75, 3.05) is 25.6 Å². The summed E-state index contributed by atoms with van der Waals surface area (Å²) in [5.41, 5.74) is 1.17. The van der Waals surface area contributed by atoms with E-state index in [4.69, 9.17) is 14.0 Å². The van der Waals surface area contributed by atoms with Gasteiger partial charge in [-0.2, -0.15) is 0 Å². The summed E-state index contributed by atoms with van der Waals surface area (Å²) in [5, 5.41) is 26.3. The lowest BCUT2D eigenvalue weighted by Gasteiger charge is -2.40. The molecule has 1 fully saturated rings. The fourth-order valence-corrected chi connectivity index (χ4v) is 3.87. The van der Waals surface area contributed by atoms with Gasteiger partial charge in [0, 0.05) is 5.56 Å². The van der Waals surface area contributed by atoms with E-state index in [9.17, 15) is 15.0 Å². The van der Waals surface area contributed by atoms with Gasteiger partial charge < -0.3 is 34.1 Å². The average Bonchev–Trinajstić information content (AvgIpc) is 3.43. The number of hydrogen-bond acceptors (Lipinski definition) is 8. The molecule has 10 nitrogen and oxygen atoms in total. The summed E-state index contributed by atoms with van der Waals surface area (Å²) < 4.78 is 32.1. The predicted molar refractivity (Wildman–Crippen MR) is 114 cm³/mol. The lowest BCUT2D eigenvalue weighted by Crippen LogP contribution is -2.49. The van der Waals surface area contributed by atoms with E-state index >= 15 is 4.39 Å². The zero-order chi connectivity index (χ0) is 23.3. The summed E-state index contributed by atoms with van der Waals surface area (Å²) in [4.78, 5) is 17.3. The highest BCUT2D eigenvalue weighted by atomic mass is 19.1. The Kier molecular flexibility index (Phi) is 4.71. The van der Waals surface area contributed by atoms with Crippen LogP contribution < -0.4 is 10.1 Å². The number of carbonyl (C=O) groups excluding carboxylic acids is 1. The summed E-state index contributed by atoms with van der Waals surface area (Å²) in [5.74, 6) is -2.98. The van der Waals surface area contributed by atoms with Crippen molar-refractivity contribution in [3.63, 3.8) is 0 Å². The molecule has 0 bridgehead atoms.